The van der Waals surface area contributed by atoms with Gasteiger partial charge in [0.1, 0.15) is 0 Å². The smallest absolute Gasteiger partial charge is 0.271 e. The zero-order chi connectivity index (χ0) is 21.3. The fraction of sp³-hybridized carbons (Fsp3) is 0.0455. The monoisotopic (exact) mass is 528 g/mol. The molecule has 8 heteroatoms. The van der Waals surface area contributed by atoms with Crippen LogP contribution in [0.15, 0.2) is 92.9 Å². The average molecular weight is 530 g/mol. The molecular weight excluding hydrogens is 512 g/mol. The van der Waals surface area contributed by atoms with Crippen molar-refractivity contribution >= 4 is 49.4 Å². The van der Waals surface area contributed by atoms with Crippen molar-refractivity contribution in [3.8, 4) is 0 Å². The largest absolute Gasteiger partial charge is 0.287 e. The van der Waals surface area contributed by atoms with E-state index in [0.717, 1.165) is 14.5 Å². The van der Waals surface area contributed by atoms with Crippen LogP contribution in [-0.2, 0) is 0 Å². The molecule has 3 aromatic carbocycles. The van der Waals surface area contributed by atoms with Gasteiger partial charge in [-0.2, -0.15) is 5.10 Å². The molecule has 152 valence electrons. The maximum absolute atomic E-state index is 12.4. The van der Waals surface area contributed by atoms with E-state index in [1.54, 1.807) is 48.5 Å². The molecule has 3 aromatic rings. The zero-order valence-corrected chi connectivity index (χ0v) is 18.9. The van der Waals surface area contributed by atoms with Crippen molar-refractivity contribution in [2.24, 2.45) is 5.10 Å². The van der Waals surface area contributed by atoms with E-state index >= 15 is 0 Å². The Morgan fingerprint density at radius 2 is 1.23 bits per heavy atom. The minimum absolute atomic E-state index is 0.215. The van der Waals surface area contributed by atoms with E-state index < -0.39 is 0 Å². The van der Waals surface area contributed by atoms with Gasteiger partial charge in [-0.25, -0.2) is 10.9 Å². The molecule has 3 rings (SSSR count). The minimum atomic E-state index is -0.324. The van der Waals surface area contributed by atoms with E-state index in [0.29, 0.717) is 16.8 Å². The standard InChI is InChI=1S/C22H18Br2N4O2/c23-18-10-6-16(7-11-18)21(29)27-25-14-20(15-4-2-1-3-5-15)26-28-22(30)17-8-12-19(24)13-9-17/h1-13,25H,14H2,(H,27,29)(H,28,30). The summed E-state index contributed by atoms with van der Waals surface area (Å²) in [5, 5.41) is 4.26. The zero-order valence-electron chi connectivity index (χ0n) is 15.7. The van der Waals surface area contributed by atoms with E-state index in [2.05, 4.69) is 53.2 Å². The number of benzene rings is 3. The highest BCUT2D eigenvalue weighted by Gasteiger charge is 2.09. The van der Waals surface area contributed by atoms with Gasteiger partial charge in [-0.1, -0.05) is 62.2 Å². The lowest BCUT2D eigenvalue weighted by Gasteiger charge is -2.11. The molecule has 0 spiro atoms. The van der Waals surface area contributed by atoms with E-state index in [1.165, 1.54) is 0 Å². The number of halogens is 2. The van der Waals surface area contributed by atoms with Gasteiger partial charge >= 0.3 is 0 Å². The van der Waals surface area contributed by atoms with Gasteiger partial charge in [-0.15, -0.1) is 0 Å². The van der Waals surface area contributed by atoms with Crippen molar-refractivity contribution in [3.05, 3.63) is 104 Å². The first-order valence-corrected chi connectivity index (χ1v) is 10.6. The van der Waals surface area contributed by atoms with Gasteiger partial charge in [0.15, 0.2) is 0 Å². The van der Waals surface area contributed by atoms with E-state index in [-0.39, 0.29) is 18.4 Å². The van der Waals surface area contributed by atoms with E-state index in [4.69, 9.17) is 0 Å². The first-order valence-electron chi connectivity index (χ1n) is 8.99. The van der Waals surface area contributed by atoms with Crippen LogP contribution in [0.25, 0.3) is 0 Å². The summed E-state index contributed by atoms with van der Waals surface area (Å²) < 4.78 is 1.78. The second-order valence-corrected chi connectivity index (χ2v) is 8.02. The summed E-state index contributed by atoms with van der Waals surface area (Å²) in [4.78, 5) is 24.6. The third-order valence-electron chi connectivity index (χ3n) is 4.07. The fourth-order valence-corrected chi connectivity index (χ4v) is 3.03. The summed E-state index contributed by atoms with van der Waals surface area (Å²) in [6, 6.07) is 23.4. The lowest BCUT2D eigenvalue weighted by Crippen LogP contribution is -2.41. The van der Waals surface area contributed by atoms with Crippen molar-refractivity contribution in [1.29, 1.82) is 0 Å². The SMILES string of the molecule is O=C(NN=C(CNNC(=O)c1ccc(Br)cc1)c1ccccc1)c1ccc(Br)cc1. The molecule has 0 aromatic heterocycles. The molecule has 0 saturated carbocycles. The molecule has 0 aliphatic rings. The van der Waals surface area contributed by atoms with Crippen LogP contribution < -0.4 is 16.3 Å². The van der Waals surface area contributed by atoms with Crippen LogP contribution in [0, 0.1) is 0 Å². The van der Waals surface area contributed by atoms with Crippen molar-refractivity contribution in [2.75, 3.05) is 6.54 Å². The van der Waals surface area contributed by atoms with Gasteiger partial charge < -0.3 is 0 Å². The number of nitrogens with one attached hydrogen (secondary N) is 3. The van der Waals surface area contributed by atoms with Crippen LogP contribution in [0.3, 0.4) is 0 Å². The van der Waals surface area contributed by atoms with E-state index in [9.17, 15) is 9.59 Å². The summed E-state index contributed by atoms with van der Waals surface area (Å²) in [6.45, 7) is 0.215. The predicted molar refractivity (Wildman–Crippen MR) is 124 cm³/mol. The Hall–Kier alpha value is -2.81. The molecule has 0 atom stereocenters. The fourth-order valence-electron chi connectivity index (χ4n) is 2.50. The van der Waals surface area contributed by atoms with Crippen LogP contribution in [0.5, 0.6) is 0 Å². The van der Waals surface area contributed by atoms with Crippen molar-refractivity contribution in [1.82, 2.24) is 16.3 Å². The van der Waals surface area contributed by atoms with Gasteiger partial charge in [0, 0.05) is 20.1 Å². The van der Waals surface area contributed by atoms with Crippen molar-refractivity contribution in [2.45, 2.75) is 0 Å². The normalized spacial score (nSPS) is 11.1. The third kappa shape index (κ3) is 6.35. The van der Waals surface area contributed by atoms with Gasteiger partial charge in [-0.3, -0.25) is 15.0 Å². The Balaban J connectivity index is 1.66. The number of rotatable bonds is 7. The lowest BCUT2D eigenvalue weighted by molar-refractivity contribution is 0.0931. The highest BCUT2D eigenvalue weighted by Crippen LogP contribution is 2.11. The van der Waals surface area contributed by atoms with Gasteiger partial charge in [0.05, 0.1) is 12.3 Å². The summed E-state index contributed by atoms with van der Waals surface area (Å²) in [5.41, 5.74) is 10.5. The highest BCUT2D eigenvalue weighted by molar-refractivity contribution is 9.10. The van der Waals surface area contributed by atoms with Crippen LogP contribution in [0.4, 0.5) is 0 Å². The molecule has 0 aliphatic carbocycles. The number of amides is 2. The van der Waals surface area contributed by atoms with Crippen LogP contribution in [-0.4, -0.2) is 24.1 Å². The average Bonchev–Trinajstić information content (AvgIpc) is 2.77. The summed E-state index contributed by atoms with van der Waals surface area (Å²) in [5.74, 6) is -0.594. The molecule has 0 fully saturated rings. The molecule has 0 aliphatic heterocycles. The molecular formula is C22H18Br2N4O2. The summed E-state index contributed by atoms with van der Waals surface area (Å²) >= 11 is 6.68. The molecule has 0 unspecified atom stereocenters. The maximum Gasteiger partial charge on any atom is 0.271 e. The molecule has 0 heterocycles. The predicted octanol–water partition coefficient (Wildman–Crippen LogP) is 4.28. The molecule has 3 N–H and O–H groups in total. The van der Waals surface area contributed by atoms with Gasteiger partial charge in [0.25, 0.3) is 11.8 Å². The number of carbonyl (C=O) groups is 2. The number of carbonyl (C=O) groups excluding carboxylic acids is 2. The quantitative estimate of drug-likeness (QED) is 0.315. The minimum Gasteiger partial charge on any atom is -0.287 e. The Morgan fingerprint density at radius 1 is 0.700 bits per heavy atom. The summed E-state index contributed by atoms with van der Waals surface area (Å²) in [7, 11) is 0. The number of hydrogen-bond donors (Lipinski definition) is 3. The summed E-state index contributed by atoms with van der Waals surface area (Å²) in [6.07, 6.45) is 0. The van der Waals surface area contributed by atoms with Gasteiger partial charge in [0.2, 0.25) is 0 Å². The Bertz CT molecular complexity index is 1040. The van der Waals surface area contributed by atoms with E-state index in [1.807, 2.05) is 30.3 Å². The molecule has 0 saturated heterocycles. The number of nitrogens with zero attached hydrogens (tertiary/aromatic N) is 1. The molecule has 6 nitrogen and oxygen atoms in total. The van der Waals surface area contributed by atoms with Crippen LogP contribution in [0.1, 0.15) is 26.3 Å². The van der Waals surface area contributed by atoms with Crippen molar-refractivity contribution in [3.63, 3.8) is 0 Å². The number of hydrogen-bond acceptors (Lipinski definition) is 4. The molecule has 0 bridgehead atoms. The van der Waals surface area contributed by atoms with Crippen LogP contribution in [0.2, 0.25) is 0 Å². The lowest BCUT2D eigenvalue weighted by atomic mass is 10.1. The van der Waals surface area contributed by atoms with Crippen molar-refractivity contribution < 1.29 is 9.59 Å². The molecule has 0 radical (unpaired) electrons. The molecule has 2 amide bonds. The second-order valence-electron chi connectivity index (χ2n) is 6.19. The third-order valence-corrected chi connectivity index (χ3v) is 5.13. The Morgan fingerprint density at radius 3 is 1.80 bits per heavy atom. The Kier molecular flexibility index (Phi) is 7.89. The van der Waals surface area contributed by atoms with Crippen LogP contribution >= 0.6 is 31.9 Å². The topological polar surface area (TPSA) is 82.6 Å². The second kappa shape index (κ2) is 10.8. The number of hydrazine groups is 1. The van der Waals surface area contributed by atoms with Gasteiger partial charge in [-0.05, 0) is 54.1 Å². The number of hydrazone groups is 1. The first kappa shape index (κ1) is 21.9. The molecule has 30 heavy (non-hydrogen) atoms. The highest BCUT2D eigenvalue weighted by atomic mass is 79.9. The first-order chi connectivity index (χ1) is 14.5. The maximum atomic E-state index is 12.4. The Labute approximate surface area is 191 Å².